The summed E-state index contributed by atoms with van der Waals surface area (Å²) in [4.78, 5) is 14.1. The van der Waals surface area contributed by atoms with E-state index in [4.69, 9.17) is 9.47 Å². The molecule has 5 nitrogen and oxygen atoms in total. The van der Waals surface area contributed by atoms with E-state index in [9.17, 15) is 4.79 Å². The van der Waals surface area contributed by atoms with Crippen LogP contribution in [0.4, 0.5) is 4.79 Å². The van der Waals surface area contributed by atoms with Crippen LogP contribution in [0.25, 0.3) is 0 Å². The Morgan fingerprint density at radius 2 is 2.24 bits per heavy atom. The monoisotopic (exact) mass is 316 g/mol. The van der Waals surface area contributed by atoms with Gasteiger partial charge in [-0.25, -0.2) is 4.79 Å². The summed E-state index contributed by atoms with van der Waals surface area (Å²) in [6.07, 6.45) is 0.970. The van der Waals surface area contributed by atoms with Gasteiger partial charge < -0.3 is 14.8 Å². The highest BCUT2D eigenvalue weighted by molar-refractivity contribution is 8.00. The van der Waals surface area contributed by atoms with Gasteiger partial charge in [0.1, 0.15) is 5.60 Å². The highest BCUT2D eigenvalue weighted by atomic mass is 32.2. The van der Waals surface area contributed by atoms with E-state index < -0.39 is 5.60 Å². The molecule has 3 unspecified atom stereocenters. The van der Waals surface area contributed by atoms with Crippen LogP contribution in [0.15, 0.2) is 0 Å². The molecule has 2 saturated heterocycles. The largest absolute Gasteiger partial charge is 0.444 e. The highest BCUT2D eigenvalue weighted by Crippen LogP contribution is 2.26. The second-order valence-electron chi connectivity index (χ2n) is 6.78. The Bertz CT molecular complexity index is 359. The van der Waals surface area contributed by atoms with Crippen LogP contribution in [0.5, 0.6) is 0 Å². The van der Waals surface area contributed by atoms with Crippen molar-refractivity contribution in [3.05, 3.63) is 0 Å². The van der Waals surface area contributed by atoms with E-state index in [1.54, 1.807) is 0 Å². The smallest absolute Gasteiger partial charge is 0.410 e. The molecule has 0 saturated carbocycles. The molecule has 0 aromatic carbocycles. The molecule has 6 heteroatoms. The van der Waals surface area contributed by atoms with Gasteiger partial charge in [-0.1, -0.05) is 6.92 Å². The first kappa shape index (κ1) is 16.9. The zero-order valence-corrected chi connectivity index (χ0v) is 14.4. The molecule has 1 N–H and O–H groups in total. The molecule has 0 aliphatic carbocycles. The van der Waals surface area contributed by atoms with Crippen molar-refractivity contribution in [2.45, 2.75) is 57.1 Å². The number of carbonyl (C=O) groups excluding carboxylic acids is 1. The van der Waals surface area contributed by atoms with Crippen molar-refractivity contribution in [1.29, 1.82) is 0 Å². The van der Waals surface area contributed by atoms with Gasteiger partial charge in [-0.3, -0.25) is 4.90 Å². The zero-order chi connectivity index (χ0) is 15.5. The summed E-state index contributed by atoms with van der Waals surface area (Å²) < 4.78 is 11.0. The minimum atomic E-state index is -0.454. The van der Waals surface area contributed by atoms with Gasteiger partial charge in [0.05, 0.1) is 19.3 Å². The third kappa shape index (κ3) is 5.04. The SMILES string of the molecule is CC1SCCC1NCC1COCCN1C(=O)OC(C)(C)C. The molecule has 0 radical (unpaired) electrons. The van der Waals surface area contributed by atoms with Gasteiger partial charge >= 0.3 is 6.09 Å². The molecule has 122 valence electrons. The molecule has 21 heavy (non-hydrogen) atoms. The molecule has 2 fully saturated rings. The van der Waals surface area contributed by atoms with E-state index in [1.165, 1.54) is 12.2 Å². The molecule has 3 atom stereocenters. The van der Waals surface area contributed by atoms with Gasteiger partial charge in [-0.05, 0) is 32.9 Å². The van der Waals surface area contributed by atoms with Crippen LogP contribution >= 0.6 is 11.8 Å². The van der Waals surface area contributed by atoms with Crippen LogP contribution in [0.1, 0.15) is 34.1 Å². The first-order chi connectivity index (χ1) is 9.87. The lowest BCUT2D eigenvalue weighted by Gasteiger charge is -2.37. The maximum Gasteiger partial charge on any atom is 0.410 e. The van der Waals surface area contributed by atoms with Crippen LogP contribution in [-0.4, -0.2) is 66.0 Å². The molecule has 2 heterocycles. The van der Waals surface area contributed by atoms with Crippen LogP contribution in [-0.2, 0) is 9.47 Å². The quantitative estimate of drug-likeness (QED) is 0.864. The lowest BCUT2D eigenvalue weighted by molar-refractivity contribution is -0.0321. The Labute approximate surface area is 132 Å². The second kappa shape index (κ2) is 7.20. The summed E-state index contributed by atoms with van der Waals surface area (Å²) in [6, 6.07) is 0.601. The first-order valence-corrected chi connectivity index (χ1v) is 8.84. The highest BCUT2D eigenvalue weighted by Gasteiger charge is 2.32. The summed E-state index contributed by atoms with van der Waals surface area (Å²) in [5, 5.41) is 4.24. The molecule has 1 amide bonds. The Morgan fingerprint density at radius 3 is 2.86 bits per heavy atom. The number of hydrogen-bond acceptors (Lipinski definition) is 5. The van der Waals surface area contributed by atoms with Crippen LogP contribution in [0.3, 0.4) is 0 Å². The van der Waals surface area contributed by atoms with Crippen molar-refractivity contribution in [3.63, 3.8) is 0 Å². The van der Waals surface area contributed by atoms with Crippen molar-refractivity contribution in [2.24, 2.45) is 0 Å². The van der Waals surface area contributed by atoms with Gasteiger partial charge in [-0.15, -0.1) is 0 Å². The lowest BCUT2D eigenvalue weighted by Crippen LogP contribution is -2.55. The normalized spacial score (nSPS) is 30.5. The number of nitrogens with one attached hydrogen (secondary N) is 1. The van der Waals surface area contributed by atoms with E-state index in [0.717, 1.165) is 6.54 Å². The Kier molecular flexibility index (Phi) is 5.80. The van der Waals surface area contributed by atoms with E-state index in [0.29, 0.717) is 31.1 Å². The number of thioether (sulfide) groups is 1. The summed E-state index contributed by atoms with van der Waals surface area (Å²) in [5.74, 6) is 1.22. The second-order valence-corrected chi connectivity index (χ2v) is 8.27. The van der Waals surface area contributed by atoms with Crippen LogP contribution in [0.2, 0.25) is 0 Å². The number of rotatable bonds is 3. The van der Waals surface area contributed by atoms with Gasteiger partial charge in [0, 0.05) is 24.4 Å². The maximum atomic E-state index is 12.3. The first-order valence-electron chi connectivity index (χ1n) is 7.79. The van der Waals surface area contributed by atoms with Gasteiger partial charge in [0.25, 0.3) is 0 Å². The summed E-state index contributed by atoms with van der Waals surface area (Å²) in [6.45, 7) is 10.5. The topological polar surface area (TPSA) is 50.8 Å². The predicted octanol–water partition coefficient (Wildman–Crippen LogP) is 2.11. The third-order valence-electron chi connectivity index (χ3n) is 3.85. The number of hydrogen-bond donors (Lipinski definition) is 1. The van der Waals surface area contributed by atoms with E-state index in [1.807, 2.05) is 37.4 Å². The molecule has 2 aliphatic heterocycles. The third-order valence-corrected chi connectivity index (χ3v) is 5.17. The maximum absolute atomic E-state index is 12.3. The average Bonchev–Trinajstić information content (AvgIpc) is 2.80. The molecule has 2 rings (SSSR count). The van der Waals surface area contributed by atoms with Crippen molar-refractivity contribution < 1.29 is 14.3 Å². The van der Waals surface area contributed by atoms with Crippen LogP contribution in [0, 0.1) is 0 Å². The fourth-order valence-electron chi connectivity index (χ4n) is 2.67. The summed E-state index contributed by atoms with van der Waals surface area (Å²) >= 11 is 2.01. The zero-order valence-electron chi connectivity index (χ0n) is 13.6. The minimum absolute atomic E-state index is 0.0615. The van der Waals surface area contributed by atoms with Crippen molar-refractivity contribution in [3.8, 4) is 0 Å². The number of morpholine rings is 1. The van der Waals surface area contributed by atoms with Gasteiger partial charge in [0.2, 0.25) is 0 Å². The Hall–Kier alpha value is -0.460. The van der Waals surface area contributed by atoms with Crippen molar-refractivity contribution >= 4 is 17.9 Å². The number of amides is 1. The minimum Gasteiger partial charge on any atom is -0.444 e. The van der Waals surface area contributed by atoms with Crippen molar-refractivity contribution in [2.75, 3.05) is 32.1 Å². The lowest BCUT2D eigenvalue weighted by atomic mass is 10.1. The predicted molar refractivity (Wildman–Crippen MR) is 85.9 cm³/mol. The number of carbonyl (C=O) groups is 1. The Balaban J connectivity index is 1.87. The molecule has 0 aromatic rings. The summed E-state index contributed by atoms with van der Waals surface area (Å²) in [7, 11) is 0. The molecular weight excluding hydrogens is 288 g/mol. The van der Waals surface area contributed by atoms with E-state index >= 15 is 0 Å². The summed E-state index contributed by atoms with van der Waals surface area (Å²) in [5.41, 5.74) is -0.454. The molecule has 2 aliphatic rings. The number of ether oxygens (including phenoxy) is 2. The van der Waals surface area contributed by atoms with Crippen molar-refractivity contribution in [1.82, 2.24) is 10.2 Å². The standard InChI is InChI=1S/C15H28N2O3S/c1-11-13(5-8-21-11)16-9-12-10-19-7-6-17(12)14(18)20-15(2,3)4/h11-13,16H,5-10H2,1-4H3. The molecular formula is C15H28N2O3S. The van der Waals surface area contributed by atoms with E-state index in [2.05, 4.69) is 12.2 Å². The average molecular weight is 316 g/mol. The molecule has 0 spiro atoms. The molecule has 0 aromatic heterocycles. The van der Waals surface area contributed by atoms with Gasteiger partial charge in [-0.2, -0.15) is 11.8 Å². The number of nitrogens with zero attached hydrogens (tertiary/aromatic N) is 1. The van der Waals surface area contributed by atoms with E-state index in [-0.39, 0.29) is 12.1 Å². The molecule has 0 bridgehead atoms. The van der Waals surface area contributed by atoms with Crippen LogP contribution < -0.4 is 5.32 Å². The Morgan fingerprint density at radius 1 is 1.48 bits per heavy atom. The fourth-order valence-corrected chi connectivity index (χ4v) is 3.90. The van der Waals surface area contributed by atoms with Gasteiger partial charge in [0.15, 0.2) is 0 Å². The fraction of sp³-hybridized carbons (Fsp3) is 0.933.